The van der Waals surface area contributed by atoms with Crippen LogP contribution in [0.1, 0.15) is 22.8 Å². The third-order valence-corrected chi connectivity index (χ3v) is 4.56. The first kappa shape index (κ1) is 18.1. The first-order valence-corrected chi connectivity index (χ1v) is 8.90. The molecule has 1 aliphatic heterocycles. The Labute approximate surface area is 153 Å². The number of carbonyl (C=O) groups is 2. The summed E-state index contributed by atoms with van der Waals surface area (Å²) in [4.78, 5) is 31.8. The number of nitrogens with zero attached hydrogens (tertiary/aromatic N) is 3. The minimum Gasteiger partial charge on any atom is -0.336 e. The van der Waals surface area contributed by atoms with Crippen LogP contribution in [0.5, 0.6) is 0 Å². The first-order chi connectivity index (χ1) is 12.6. The molecule has 0 spiro atoms. The number of piperazine rings is 1. The van der Waals surface area contributed by atoms with E-state index in [9.17, 15) is 9.59 Å². The summed E-state index contributed by atoms with van der Waals surface area (Å²) in [6.07, 6.45) is 4.26. The third kappa shape index (κ3) is 4.89. The average molecular weight is 352 g/mol. The van der Waals surface area contributed by atoms with Gasteiger partial charge in [-0.2, -0.15) is 0 Å². The molecule has 0 bridgehead atoms. The number of hydrogen-bond donors (Lipinski definition) is 1. The van der Waals surface area contributed by atoms with Crippen molar-refractivity contribution in [3.63, 3.8) is 0 Å². The SMILES string of the molecule is CC(=O)Nc1ccc(CCN2CCN(C(=O)c3cccnc3)CC2)cc1. The van der Waals surface area contributed by atoms with Gasteiger partial charge in [-0.1, -0.05) is 12.1 Å². The van der Waals surface area contributed by atoms with Gasteiger partial charge in [0.1, 0.15) is 0 Å². The van der Waals surface area contributed by atoms with Crippen LogP contribution < -0.4 is 5.32 Å². The molecule has 1 N–H and O–H groups in total. The second-order valence-corrected chi connectivity index (χ2v) is 6.50. The average Bonchev–Trinajstić information content (AvgIpc) is 2.67. The number of amides is 2. The molecule has 1 aromatic carbocycles. The molecule has 26 heavy (non-hydrogen) atoms. The molecule has 0 saturated carbocycles. The van der Waals surface area contributed by atoms with E-state index in [-0.39, 0.29) is 11.8 Å². The van der Waals surface area contributed by atoms with Crippen LogP contribution in [0.2, 0.25) is 0 Å². The molecule has 136 valence electrons. The van der Waals surface area contributed by atoms with Crippen LogP contribution in [-0.2, 0) is 11.2 Å². The van der Waals surface area contributed by atoms with Gasteiger partial charge in [0.25, 0.3) is 5.91 Å². The summed E-state index contributed by atoms with van der Waals surface area (Å²) in [5, 5.41) is 2.78. The zero-order chi connectivity index (χ0) is 18.4. The van der Waals surface area contributed by atoms with E-state index >= 15 is 0 Å². The summed E-state index contributed by atoms with van der Waals surface area (Å²) in [6.45, 7) is 5.73. The lowest BCUT2D eigenvalue weighted by molar-refractivity contribution is -0.114. The summed E-state index contributed by atoms with van der Waals surface area (Å²) in [5.74, 6) is 0.00256. The number of hydrogen-bond acceptors (Lipinski definition) is 4. The second kappa shape index (κ2) is 8.58. The van der Waals surface area contributed by atoms with Crippen LogP contribution >= 0.6 is 0 Å². The predicted molar refractivity (Wildman–Crippen MR) is 101 cm³/mol. The summed E-state index contributed by atoms with van der Waals surface area (Å²) in [7, 11) is 0. The predicted octanol–water partition coefficient (Wildman–Crippen LogP) is 2.04. The summed E-state index contributed by atoms with van der Waals surface area (Å²) < 4.78 is 0. The Morgan fingerprint density at radius 2 is 1.81 bits per heavy atom. The smallest absolute Gasteiger partial charge is 0.255 e. The van der Waals surface area contributed by atoms with E-state index in [2.05, 4.69) is 15.2 Å². The van der Waals surface area contributed by atoms with Gasteiger partial charge in [0.15, 0.2) is 0 Å². The molecule has 6 heteroatoms. The van der Waals surface area contributed by atoms with Crippen molar-refractivity contribution in [1.29, 1.82) is 0 Å². The van der Waals surface area contributed by atoms with Gasteiger partial charge in [-0.3, -0.25) is 19.5 Å². The lowest BCUT2D eigenvalue weighted by atomic mass is 10.1. The highest BCUT2D eigenvalue weighted by Crippen LogP contribution is 2.12. The van der Waals surface area contributed by atoms with Gasteiger partial charge in [-0.15, -0.1) is 0 Å². The zero-order valence-corrected chi connectivity index (χ0v) is 15.0. The Morgan fingerprint density at radius 1 is 1.08 bits per heavy atom. The van der Waals surface area contributed by atoms with Crippen LogP contribution in [0.15, 0.2) is 48.8 Å². The molecule has 2 heterocycles. The van der Waals surface area contributed by atoms with Gasteiger partial charge in [-0.25, -0.2) is 0 Å². The Bertz CT molecular complexity index is 738. The van der Waals surface area contributed by atoms with Crippen LogP contribution in [0, 0.1) is 0 Å². The van der Waals surface area contributed by atoms with Crippen molar-refractivity contribution >= 4 is 17.5 Å². The number of nitrogens with one attached hydrogen (secondary N) is 1. The van der Waals surface area contributed by atoms with Crippen LogP contribution in [0.3, 0.4) is 0 Å². The quantitative estimate of drug-likeness (QED) is 0.894. The number of benzene rings is 1. The molecule has 1 aromatic heterocycles. The van der Waals surface area contributed by atoms with E-state index in [0.29, 0.717) is 5.56 Å². The highest BCUT2D eigenvalue weighted by atomic mass is 16.2. The number of anilines is 1. The molecule has 0 radical (unpaired) electrons. The van der Waals surface area contributed by atoms with E-state index in [0.717, 1.165) is 44.8 Å². The van der Waals surface area contributed by atoms with Crippen LogP contribution in [0.25, 0.3) is 0 Å². The summed E-state index contributed by atoms with van der Waals surface area (Å²) in [6, 6.07) is 11.6. The number of aromatic nitrogens is 1. The topological polar surface area (TPSA) is 65.5 Å². The lowest BCUT2D eigenvalue weighted by Gasteiger charge is -2.34. The van der Waals surface area contributed by atoms with Crippen molar-refractivity contribution in [3.05, 3.63) is 59.9 Å². The molecular weight excluding hydrogens is 328 g/mol. The lowest BCUT2D eigenvalue weighted by Crippen LogP contribution is -2.49. The van der Waals surface area contributed by atoms with Gasteiger partial charge >= 0.3 is 0 Å². The molecule has 3 rings (SSSR count). The fourth-order valence-corrected chi connectivity index (χ4v) is 3.09. The van der Waals surface area contributed by atoms with E-state index in [1.165, 1.54) is 12.5 Å². The van der Waals surface area contributed by atoms with Crippen molar-refractivity contribution in [2.75, 3.05) is 38.0 Å². The van der Waals surface area contributed by atoms with Crippen molar-refractivity contribution < 1.29 is 9.59 Å². The number of pyridine rings is 1. The first-order valence-electron chi connectivity index (χ1n) is 8.90. The van der Waals surface area contributed by atoms with Gasteiger partial charge < -0.3 is 10.2 Å². The van der Waals surface area contributed by atoms with E-state index in [1.807, 2.05) is 35.2 Å². The van der Waals surface area contributed by atoms with Gasteiger partial charge in [0.05, 0.1) is 5.56 Å². The zero-order valence-electron chi connectivity index (χ0n) is 15.0. The molecule has 0 aliphatic carbocycles. The Hall–Kier alpha value is -2.73. The maximum atomic E-state index is 12.4. The molecule has 6 nitrogen and oxygen atoms in total. The van der Waals surface area contributed by atoms with Crippen molar-refractivity contribution in [3.8, 4) is 0 Å². The third-order valence-electron chi connectivity index (χ3n) is 4.56. The molecule has 2 amide bonds. The Kier molecular flexibility index (Phi) is 5.96. The van der Waals surface area contributed by atoms with Crippen LogP contribution in [0.4, 0.5) is 5.69 Å². The fraction of sp³-hybridized carbons (Fsp3) is 0.350. The molecule has 1 aliphatic rings. The molecule has 0 atom stereocenters. The monoisotopic (exact) mass is 352 g/mol. The fourth-order valence-electron chi connectivity index (χ4n) is 3.09. The van der Waals surface area contributed by atoms with Gasteiger partial charge in [-0.05, 0) is 36.2 Å². The van der Waals surface area contributed by atoms with E-state index < -0.39 is 0 Å². The van der Waals surface area contributed by atoms with Crippen molar-refractivity contribution in [1.82, 2.24) is 14.8 Å². The van der Waals surface area contributed by atoms with Gasteiger partial charge in [0, 0.05) is 57.7 Å². The molecule has 0 unspecified atom stereocenters. The maximum absolute atomic E-state index is 12.4. The van der Waals surface area contributed by atoms with Crippen molar-refractivity contribution in [2.24, 2.45) is 0 Å². The molecule has 1 fully saturated rings. The summed E-state index contributed by atoms with van der Waals surface area (Å²) >= 11 is 0. The Balaban J connectivity index is 1.44. The van der Waals surface area contributed by atoms with Gasteiger partial charge in [0.2, 0.25) is 5.91 Å². The number of rotatable bonds is 5. The minimum absolute atomic E-state index is 0.0588. The standard InChI is InChI=1S/C20H24N4O2/c1-16(25)22-19-6-4-17(5-7-19)8-10-23-11-13-24(14-12-23)20(26)18-3-2-9-21-15-18/h2-7,9,15H,8,10-14H2,1H3,(H,22,25). The second-order valence-electron chi connectivity index (χ2n) is 6.50. The van der Waals surface area contributed by atoms with Crippen LogP contribution in [-0.4, -0.2) is 59.3 Å². The van der Waals surface area contributed by atoms with E-state index in [1.54, 1.807) is 18.5 Å². The molecular formula is C20H24N4O2. The number of carbonyl (C=O) groups excluding carboxylic acids is 2. The maximum Gasteiger partial charge on any atom is 0.255 e. The minimum atomic E-state index is -0.0588. The highest BCUT2D eigenvalue weighted by Gasteiger charge is 2.21. The largest absolute Gasteiger partial charge is 0.336 e. The molecule has 1 saturated heterocycles. The van der Waals surface area contributed by atoms with E-state index in [4.69, 9.17) is 0 Å². The normalized spacial score (nSPS) is 14.9. The summed E-state index contributed by atoms with van der Waals surface area (Å²) in [5.41, 5.74) is 2.72. The van der Waals surface area contributed by atoms with Crippen molar-refractivity contribution in [2.45, 2.75) is 13.3 Å². The Morgan fingerprint density at radius 3 is 2.42 bits per heavy atom. The highest BCUT2D eigenvalue weighted by molar-refractivity contribution is 5.94. The molecule has 2 aromatic rings.